The molecule has 0 atom stereocenters. The summed E-state index contributed by atoms with van der Waals surface area (Å²) >= 11 is 1.94. The second-order valence-corrected chi connectivity index (χ2v) is 31.0. The van der Waals surface area contributed by atoms with Crippen molar-refractivity contribution in [3.8, 4) is 44.5 Å². The van der Waals surface area contributed by atoms with Gasteiger partial charge in [-0.3, -0.25) is 0 Å². The first-order chi connectivity index (χ1) is 45.3. The molecule has 0 unspecified atom stereocenters. The van der Waals surface area contributed by atoms with Crippen LogP contribution in [0, 0.1) is 0 Å². The number of fused-ring (bicyclic) bond motifs is 12. The number of hydrogen-bond acceptors (Lipinski definition) is 5. The predicted molar refractivity (Wildman–Crippen MR) is 404 cm³/mol. The number of para-hydroxylation sites is 1. The standard InChI is InChI=1S/C88H76BN3OS/c1-85(2,3)60-36-39-62(40-37-60)92-76-51-69-68-50-72-73(88(9,10)45-44-87(72,7)8)54-81(68)94-80(69)53-71(76)82-83-78(52-70-66-34-20-21-35-79(66)93-84(70)82)91(75-43-38-61(86(4,5)6)48-67(75)57-28-18-13-19-29-57)77-49-65(41-42-74(77)89(83)92)90(63-32-22-30-58(46-63)55-24-14-11-15-25-55)64-33-23-31-59(47-64)56-26-16-12-17-27-56/h11-43,46-54H,44-45H2,1-10H3. The molecule has 0 radical (unpaired) electrons. The summed E-state index contributed by atoms with van der Waals surface area (Å²) < 4.78 is 10.1. The Bertz CT molecular complexity index is 5270. The SMILES string of the molecule is CC(C)(C)c1ccc(N2B3c4ccc(N(c5cccc(-c6ccccc6)c5)c5cccc(-c6ccccc6)c5)cc4N(c4ccc(C(C)(C)C)cc4-c4ccccc4)c4cc5c(oc6ccccc65)c(c43)-c3cc4sc5cc6c(cc5c4cc32)C(C)(C)CCC6(C)C)cc1. The molecule has 0 bridgehead atoms. The van der Waals surface area contributed by atoms with Crippen LogP contribution in [0.15, 0.2) is 259 Å². The molecule has 0 N–H and O–H groups in total. The maximum atomic E-state index is 7.42. The molecular weight excluding hydrogens is 1160 g/mol. The molecule has 4 heterocycles. The number of rotatable bonds is 8. The van der Waals surface area contributed by atoms with Crippen LogP contribution >= 0.6 is 11.3 Å². The van der Waals surface area contributed by atoms with Gasteiger partial charge in [-0.25, -0.2) is 0 Å². The van der Waals surface area contributed by atoms with E-state index in [4.69, 9.17) is 4.42 Å². The normalized spacial score (nSPS) is 14.7. The van der Waals surface area contributed by atoms with Crippen molar-refractivity contribution >= 4 is 117 Å². The monoisotopic (exact) mass is 1230 g/mol. The summed E-state index contributed by atoms with van der Waals surface area (Å²) in [4.78, 5) is 7.82. The van der Waals surface area contributed by atoms with Crippen LogP contribution in [0.5, 0.6) is 0 Å². The Morgan fingerprint density at radius 2 is 0.957 bits per heavy atom. The van der Waals surface area contributed by atoms with Crippen molar-refractivity contribution in [1.29, 1.82) is 0 Å². The highest BCUT2D eigenvalue weighted by molar-refractivity contribution is 7.26. The van der Waals surface area contributed by atoms with Crippen molar-refractivity contribution in [3.05, 3.63) is 277 Å². The van der Waals surface area contributed by atoms with Gasteiger partial charge in [-0.05, 0) is 193 Å². The van der Waals surface area contributed by atoms with Gasteiger partial charge in [-0.15, -0.1) is 11.3 Å². The maximum absolute atomic E-state index is 7.42. The minimum absolute atomic E-state index is 0.0469. The molecule has 0 saturated heterocycles. The third kappa shape index (κ3) is 9.37. The summed E-state index contributed by atoms with van der Waals surface area (Å²) in [5.74, 6) is 0. The van der Waals surface area contributed by atoms with E-state index in [1.807, 2.05) is 11.3 Å². The molecule has 4 nitrogen and oxygen atoms in total. The number of benzene rings is 12. The largest absolute Gasteiger partial charge is 0.455 e. The first kappa shape index (κ1) is 58.0. The van der Waals surface area contributed by atoms with E-state index in [0.717, 1.165) is 90.4 Å². The average molecular weight is 1230 g/mol. The minimum Gasteiger partial charge on any atom is -0.455 e. The Morgan fingerprint density at radius 1 is 0.415 bits per heavy atom. The van der Waals surface area contributed by atoms with Crippen molar-refractivity contribution in [3.63, 3.8) is 0 Å². The quantitative estimate of drug-likeness (QED) is 0.141. The average Bonchev–Trinajstić information content (AvgIpc) is 1.16. The van der Waals surface area contributed by atoms with Crippen molar-refractivity contribution in [2.24, 2.45) is 0 Å². The summed E-state index contributed by atoms with van der Waals surface area (Å²) in [5.41, 5.74) is 27.9. The first-order valence-electron chi connectivity index (χ1n) is 33.5. The lowest BCUT2D eigenvalue weighted by Gasteiger charge is -2.46. The van der Waals surface area contributed by atoms with E-state index in [-0.39, 0.29) is 28.5 Å². The molecule has 0 saturated carbocycles. The van der Waals surface area contributed by atoms with Crippen LogP contribution in [-0.2, 0) is 21.7 Å². The zero-order valence-corrected chi connectivity index (χ0v) is 56.2. The number of furan rings is 1. The van der Waals surface area contributed by atoms with Gasteiger partial charge in [-0.1, -0.05) is 227 Å². The number of hydrogen-bond donors (Lipinski definition) is 0. The Balaban J connectivity index is 1.01. The van der Waals surface area contributed by atoms with Crippen molar-refractivity contribution in [2.75, 3.05) is 14.6 Å². The highest BCUT2D eigenvalue weighted by Gasteiger charge is 2.48. The molecule has 17 rings (SSSR count). The summed E-state index contributed by atoms with van der Waals surface area (Å²) in [5, 5.41) is 4.83. The Labute approximate surface area is 557 Å². The highest BCUT2D eigenvalue weighted by atomic mass is 32.1. The Morgan fingerprint density at radius 3 is 1.60 bits per heavy atom. The van der Waals surface area contributed by atoms with E-state index in [1.165, 1.54) is 87.7 Å². The fourth-order valence-electron chi connectivity index (χ4n) is 15.7. The predicted octanol–water partition coefficient (Wildman–Crippen LogP) is 24.1. The fraction of sp³-hybridized carbons (Fsp3) is 0.182. The maximum Gasteiger partial charge on any atom is 0.333 e. The van der Waals surface area contributed by atoms with Crippen LogP contribution in [0.4, 0.5) is 45.5 Å². The third-order valence-electron chi connectivity index (χ3n) is 21.0. The second-order valence-electron chi connectivity index (χ2n) is 30.0. The molecule has 14 aromatic rings. The van der Waals surface area contributed by atoms with Crippen LogP contribution in [-0.4, -0.2) is 6.85 Å². The van der Waals surface area contributed by atoms with E-state index in [1.54, 1.807) is 0 Å². The van der Waals surface area contributed by atoms with Gasteiger partial charge in [0.15, 0.2) is 0 Å². The van der Waals surface area contributed by atoms with Gasteiger partial charge >= 0.3 is 6.85 Å². The molecule has 2 aliphatic heterocycles. The fourth-order valence-corrected chi connectivity index (χ4v) is 16.9. The Hall–Kier alpha value is -9.88. The molecule has 12 aromatic carbocycles. The second kappa shape index (κ2) is 21.3. The van der Waals surface area contributed by atoms with Gasteiger partial charge in [0, 0.05) is 87.4 Å². The Kier molecular flexibility index (Phi) is 13.2. The summed E-state index contributed by atoms with van der Waals surface area (Å²) in [6.07, 6.45) is 2.33. The molecule has 1 aliphatic carbocycles. The van der Waals surface area contributed by atoms with Crippen LogP contribution in [0.1, 0.15) is 104 Å². The van der Waals surface area contributed by atoms with E-state index >= 15 is 0 Å². The molecule has 94 heavy (non-hydrogen) atoms. The molecule has 458 valence electrons. The zero-order chi connectivity index (χ0) is 64.2. The van der Waals surface area contributed by atoms with Crippen LogP contribution in [0.3, 0.4) is 0 Å². The minimum atomic E-state index is -0.309. The summed E-state index contributed by atoms with van der Waals surface area (Å²) in [6.45, 7) is 23.5. The van der Waals surface area contributed by atoms with Crippen LogP contribution < -0.4 is 25.5 Å². The first-order valence-corrected chi connectivity index (χ1v) is 34.4. The van der Waals surface area contributed by atoms with Crippen LogP contribution in [0.25, 0.3) is 86.6 Å². The topological polar surface area (TPSA) is 22.9 Å². The number of anilines is 8. The van der Waals surface area contributed by atoms with Gasteiger partial charge in [0.25, 0.3) is 0 Å². The molecular formula is C88H76BN3OS. The van der Waals surface area contributed by atoms with E-state index in [2.05, 4.69) is 339 Å². The van der Waals surface area contributed by atoms with Gasteiger partial charge in [0.2, 0.25) is 0 Å². The van der Waals surface area contributed by atoms with Gasteiger partial charge < -0.3 is 19.0 Å². The zero-order valence-electron chi connectivity index (χ0n) is 55.4. The highest BCUT2D eigenvalue weighted by Crippen LogP contribution is 2.56. The number of thiophene rings is 1. The third-order valence-corrected chi connectivity index (χ3v) is 22.1. The molecule has 0 spiro atoms. The molecule has 3 aliphatic rings. The smallest absolute Gasteiger partial charge is 0.333 e. The van der Waals surface area contributed by atoms with Gasteiger partial charge in [0.05, 0.1) is 5.69 Å². The van der Waals surface area contributed by atoms with Gasteiger partial charge in [-0.2, -0.15) is 0 Å². The molecule has 2 aromatic heterocycles. The van der Waals surface area contributed by atoms with E-state index in [0.29, 0.717) is 0 Å². The lowest BCUT2D eigenvalue weighted by molar-refractivity contribution is 0.332. The molecule has 0 amide bonds. The van der Waals surface area contributed by atoms with Crippen LogP contribution in [0.2, 0.25) is 0 Å². The summed E-state index contributed by atoms with van der Waals surface area (Å²) in [7, 11) is 0. The van der Waals surface area contributed by atoms with E-state index in [9.17, 15) is 0 Å². The van der Waals surface area contributed by atoms with Crippen molar-refractivity contribution < 1.29 is 4.42 Å². The summed E-state index contributed by atoms with van der Waals surface area (Å²) in [6, 6.07) is 96.4. The molecule has 0 fully saturated rings. The van der Waals surface area contributed by atoms with Gasteiger partial charge in [0.1, 0.15) is 11.2 Å². The molecule has 6 heteroatoms. The lowest BCUT2D eigenvalue weighted by Crippen LogP contribution is -2.61. The van der Waals surface area contributed by atoms with E-state index < -0.39 is 0 Å². The van der Waals surface area contributed by atoms with Crippen molar-refractivity contribution in [1.82, 2.24) is 0 Å². The van der Waals surface area contributed by atoms with Crippen molar-refractivity contribution in [2.45, 2.75) is 104 Å². The lowest BCUT2D eigenvalue weighted by atomic mass is 9.43. The number of nitrogens with zero attached hydrogens (tertiary/aromatic N) is 3.